The van der Waals surface area contributed by atoms with Gasteiger partial charge in [0.2, 0.25) is 5.91 Å². The molecule has 1 saturated heterocycles. The summed E-state index contributed by atoms with van der Waals surface area (Å²) in [6, 6.07) is 16.6. The van der Waals surface area contributed by atoms with E-state index in [1.165, 1.54) is 12.0 Å². The molecule has 1 amide bonds. The number of aliphatic hydroxyl groups is 1. The summed E-state index contributed by atoms with van der Waals surface area (Å²) >= 11 is 0. The molecule has 1 aliphatic rings. The van der Waals surface area contributed by atoms with Crippen molar-refractivity contribution in [3.05, 3.63) is 54.1 Å². The van der Waals surface area contributed by atoms with Crippen LogP contribution in [-0.2, 0) is 9.53 Å². The maximum absolute atomic E-state index is 12.3. The van der Waals surface area contributed by atoms with Crippen molar-refractivity contribution in [1.82, 2.24) is 4.90 Å². The molecule has 6 heteroatoms. The Bertz CT molecular complexity index is 861. The number of hydrogen-bond acceptors (Lipinski definition) is 5. The highest BCUT2D eigenvalue weighted by Gasteiger charge is 2.52. The minimum absolute atomic E-state index is 0.112. The van der Waals surface area contributed by atoms with Crippen molar-refractivity contribution >= 4 is 5.91 Å². The van der Waals surface area contributed by atoms with E-state index in [1.807, 2.05) is 48.5 Å². The van der Waals surface area contributed by atoms with E-state index in [-0.39, 0.29) is 25.0 Å². The molecule has 2 aromatic rings. The van der Waals surface area contributed by atoms with Crippen molar-refractivity contribution in [3.8, 4) is 22.9 Å². The average molecular weight is 366 g/mol. The molecular weight excluding hydrogens is 344 g/mol. The van der Waals surface area contributed by atoms with Crippen LogP contribution in [-0.4, -0.2) is 55.4 Å². The number of methoxy groups -OCH3 is 2. The zero-order valence-electron chi connectivity index (χ0n) is 15.3. The highest BCUT2D eigenvalue weighted by atomic mass is 16.5. The van der Waals surface area contributed by atoms with Gasteiger partial charge in [0.25, 0.3) is 0 Å². The van der Waals surface area contributed by atoms with Crippen LogP contribution >= 0.6 is 0 Å². The van der Waals surface area contributed by atoms with Crippen LogP contribution in [0.2, 0.25) is 0 Å². The molecule has 27 heavy (non-hydrogen) atoms. The first-order valence-corrected chi connectivity index (χ1v) is 8.70. The number of likely N-dealkylation sites (tertiary alicyclic amines) is 1. The minimum atomic E-state index is -0.642. The predicted molar refractivity (Wildman–Crippen MR) is 100 cm³/mol. The average Bonchev–Trinajstić information content (AvgIpc) is 2.68. The van der Waals surface area contributed by atoms with Gasteiger partial charge in [0.05, 0.1) is 25.8 Å². The number of benzene rings is 2. The second-order valence-electron chi connectivity index (χ2n) is 6.40. The van der Waals surface area contributed by atoms with Gasteiger partial charge in [-0.15, -0.1) is 0 Å². The van der Waals surface area contributed by atoms with Gasteiger partial charge in [0.15, 0.2) is 0 Å². The van der Waals surface area contributed by atoms with Crippen LogP contribution in [0.25, 0.3) is 11.1 Å². The fourth-order valence-corrected chi connectivity index (χ4v) is 3.76. The summed E-state index contributed by atoms with van der Waals surface area (Å²) in [7, 11) is 3.05. The standard InChI is InChI=1S/C21H22N2O4/c1-26-13-20(25)23-18(11-22)21(19(23)12-24)17-9-4-3-8-16(17)14-6-5-7-15(10-14)27-2/h3-10,18-19,21,24H,12-13H2,1-2H3/t18-,19+,21+/m0/s1. The summed E-state index contributed by atoms with van der Waals surface area (Å²) < 4.78 is 10.2. The number of ether oxygens (including phenoxy) is 2. The molecule has 0 spiro atoms. The first-order valence-electron chi connectivity index (χ1n) is 8.70. The molecule has 140 valence electrons. The molecule has 1 fully saturated rings. The quantitative estimate of drug-likeness (QED) is 0.847. The van der Waals surface area contributed by atoms with Gasteiger partial charge < -0.3 is 19.5 Å². The largest absolute Gasteiger partial charge is 0.497 e. The minimum Gasteiger partial charge on any atom is -0.497 e. The van der Waals surface area contributed by atoms with Crippen LogP contribution in [0.1, 0.15) is 11.5 Å². The summed E-state index contributed by atoms with van der Waals surface area (Å²) in [5, 5.41) is 19.6. The van der Waals surface area contributed by atoms with E-state index < -0.39 is 12.1 Å². The Morgan fingerprint density at radius 3 is 2.67 bits per heavy atom. The van der Waals surface area contributed by atoms with Crippen molar-refractivity contribution in [3.63, 3.8) is 0 Å². The van der Waals surface area contributed by atoms with Crippen molar-refractivity contribution in [1.29, 1.82) is 5.26 Å². The highest BCUT2D eigenvalue weighted by molar-refractivity contribution is 5.81. The molecule has 0 aliphatic carbocycles. The predicted octanol–water partition coefficient (Wildman–Crippen LogP) is 2.19. The highest BCUT2D eigenvalue weighted by Crippen LogP contribution is 2.44. The maximum Gasteiger partial charge on any atom is 0.249 e. The zero-order valence-corrected chi connectivity index (χ0v) is 15.3. The first kappa shape index (κ1) is 18.9. The van der Waals surface area contributed by atoms with Crippen LogP contribution in [0.5, 0.6) is 5.75 Å². The van der Waals surface area contributed by atoms with Gasteiger partial charge in [-0.3, -0.25) is 4.79 Å². The smallest absolute Gasteiger partial charge is 0.249 e. The zero-order chi connectivity index (χ0) is 19.4. The van der Waals surface area contributed by atoms with Crippen molar-refractivity contribution < 1.29 is 19.4 Å². The summed E-state index contributed by atoms with van der Waals surface area (Å²) in [5.74, 6) is 0.171. The number of carbonyl (C=O) groups is 1. The van der Waals surface area contributed by atoms with Crippen LogP contribution in [0, 0.1) is 11.3 Å². The van der Waals surface area contributed by atoms with Gasteiger partial charge in [-0.1, -0.05) is 36.4 Å². The third-order valence-electron chi connectivity index (χ3n) is 4.99. The fourth-order valence-electron chi connectivity index (χ4n) is 3.76. The van der Waals surface area contributed by atoms with Gasteiger partial charge in [-0.05, 0) is 28.8 Å². The summed E-state index contributed by atoms with van der Waals surface area (Å²) in [4.78, 5) is 13.7. The Kier molecular flexibility index (Phi) is 5.75. The second-order valence-corrected chi connectivity index (χ2v) is 6.40. The fraction of sp³-hybridized carbons (Fsp3) is 0.333. The van der Waals surface area contributed by atoms with Gasteiger partial charge in [0.1, 0.15) is 18.4 Å². The summed E-state index contributed by atoms with van der Waals surface area (Å²) in [5.41, 5.74) is 2.84. The van der Waals surface area contributed by atoms with Gasteiger partial charge in [-0.25, -0.2) is 0 Å². The van der Waals surface area contributed by atoms with E-state index in [0.717, 1.165) is 22.4 Å². The Morgan fingerprint density at radius 1 is 1.22 bits per heavy atom. The van der Waals surface area contributed by atoms with Crippen molar-refractivity contribution in [2.75, 3.05) is 27.4 Å². The van der Waals surface area contributed by atoms with Crippen LogP contribution < -0.4 is 4.74 Å². The lowest BCUT2D eigenvalue weighted by atomic mass is 9.73. The van der Waals surface area contributed by atoms with E-state index in [1.54, 1.807) is 7.11 Å². The topological polar surface area (TPSA) is 82.8 Å². The van der Waals surface area contributed by atoms with Gasteiger partial charge >= 0.3 is 0 Å². The third-order valence-corrected chi connectivity index (χ3v) is 4.99. The molecule has 3 atom stereocenters. The molecule has 0 unspecified atom stereocenters. The number of nitrogens with zero attached hydrogens (tertiary/aromatic N) is 2. The van der Waals surface area contributed by atoms with Crippen molar-refractivity contribution in [2.24, 2.45) is 0 Å². The molecule has 1 aliphatic heterocycles. The molecule has 0 aromatic heterocycles. The van der Waals surface area contributed by atoms with Gasteiger partial charge in [-0.2, -0.15) is 5.26 Å². The Labute approximate surface area is 158 Å². The molecular formula is C21H22N2O4. The number of amides is 1. The van der Waals surface area contributed by atoms with E-state index >= 15 is 0 Å². The lowest BCUT2D eigenvalue weighted by molar-refractivity contribution is -0.150. The van der Waals surface area contributed by atoms with E-state index in [2.05, 4.69) is 6.07 Å². The van der Waals surface area contributed by atoms with Crippen LogP contribution in [0.3, 0.4) is 0 Å². The van der Waals surface area contributed by atoms with Crippen LogP contribution in [0.15, 0.2) is 48.5 Å². The lowest BCUT2D eigenvalue weighted by Crippen LogP contribution is -2.66. The van der Waals surface area contributed by atoms with E-state index in [9.17, 15) is 15.2 Å². The molecule has 3 rings (SSSR count). The van der Waals surface area contributed by atoms with Crippen LogP contribution in [0.4, 0.5) is 0 Å². The normalized spacial score (nSPS) is 21.3. The SMILES string of the molecule is COCC(=O)N1[C@H](CO)[C@H](c2ccccc2-c2cccc(OC)c2)[C@@H]1C#N. The summed E-state index contributed by atoms with van der Waals surface area (Å²) in [6.07, 6.45) is 0. The number of nitriles is 1. The monoisotopic (exact) mass is 366 g/mol. The van der Waals surface area contributed by atoms with E-state index in [0.29, 0.717) is 0 Å². The lowest BCUT2D eigenvalue weighted by Gasteiger charge is -2.52. The number of rotatable bonds is 6. The molecule has 0 saturated carbocycles. The van der Waals surface area contributed by atoms with E-state index in [4.69, 9.17) is 9.47 Å². The van der Waals surface area contributed by atoms with Crippen molar-refractivity contribution in [2.45, 2.75) is 18.0 Å². The second kappa shape index (κ2) is 8.21. The maximum atomic E-state index is 12.3. The van der Waals surface area contributed by atoms with Gasteiger partial charge in [0, 0.05) is 13.0 Å². The number of hydrogen-bond donors (Lipinski definition) is 1. The third kappa shape index (κ3) is 3.39. The number of carbonyl (C=O) groups excluding carboxylic acids is 1. The molecule has 1 heterocycles. The molecule has 2 aromatic carbocycles. The Balaban J connectivity index is 2.01. The molecule has 6 nitrogen and oxygen atoms in total. The Hall–Kier alpha value is -2.88. The first-order chi connectivity index (χ1) is 13.2. The molecule has 0 radical (unpaired) electrons. The summed E-state index contributed by atoms with van der Waals surface area (Å²) in [6.45, 7) is -0.330. The molecule has 1 N–H and O–H groups in total. The number of aliphatic hydroxyl groups excluding tert-OH is 1. The Morgan fingerprint density at radius 2 is 2.00 bits per heavy atom. The molecule has 0 bridgehead atoms.